The fraction of sp³-hybridized carbons (Fsp3) is 0.278. The number of hydrogen-bond acceptors (Lipinski definition) is 5. The quantitative estimate of drug-likeness (QED) is 0.519. The Labute approximate surface area is 154 Å². The second kappa shape index (κ2) is 6.57. The third kappa shape index (κ3) is 3.43. The van der Waals surface area contributed by atoms with E-state index in [0.717, 1.165) is 34.6 Å². The van der Waals surface area contributed by atoms with Gasteiger partial charge in [0.2, 0.25) is 0 Å². The molecule has 4 rings (SSSR count). The van der Waals surface area contributed by atoms with E-state index in [2.05, 4.69) is 15.6 Å². The van der Waals surface area contributed by atoms with Gasteiger partial charge in [-0.3, -0.25) is 0 Å². The summed E-state index contributed by atoms with van der Waals surface area (Å²) in [5.41, 5.74) is 3.05. The van der Waals surface area contributed by atoms with Gasteiger partial charge in [0, 0.05) is 28.1 Å². The number of thiazole rings is 1. The van der Waals surface area contributed by atoms with Crippen molar-refractivity contribution in [3.8, 4) is 0 Å². The molecule has 1 aliphatic carbocycles. The summed E-state index contributed by atoms with van der Waals surface area (Å²) in [5.74, 6) is 0. The number of hydrogen-bond donors (Lipinski definition) is 2. The lowest BCUT2D eigenvalue weighted by Gasteiger charge is -2.09. The number of anilines is 2. The van der Waals surface area contributed by atoms with Crippen molar-refractivity contribution in [2.45, 2.75) is 32.6 Å². The van der Waals surface area contributed by atoms with Crippen molar-refractivity contribution in [2.75, 3.05) is 10.6 Å². The van der Waals surface area contributed by atoms with Crippen molar-refractivity contribution in [1.29, 1.82) is 0 Å². The summed E-state index contributed by atoms with van der Waals surface area (Å²) in [4.78, 5) is 17.5. The highest BCUT2D eigenvalue weighted by Crippen LogP contribution is 2.29. The number of aryl methyl sites for hydroxylation is 3. The zero-order valence-corrected chi connectivity index (χ0v) is 15.4. The van der Waals surface area contributed by atoms with Gasteiger partial charge >= 0.3 is 5.63 Å². The molecule has 0 bridgehead atoms. The summed E-state index contributed by atoms with van der Waals surface area (Å²) in [6.45, 7) is 1.89. The van der Waals surface area contributed by atoms with Crippen LogP contribution in [0.1, 0.15) is 29.0 Å². The highest BCUT2D eigenvalue weighted by Gasteiger charge is 2.15. The predicted octanol–water partition coefficient (Wildman–Crippen LogP) is 4.25. The minimum absolute atomic E-state index is 0.351. The zero-order chi connectivity index (χ0) is 17.4. The normalized spacial score (nSPS) is 13.5. The van der Waals surface area contributed by atoms with E-state index in [9.17, 15) is 4.79 Å². The van der Waals surface area contributed by atoms with Crippen LogP contribution in [0, 0.1) is 6.92 Å². The molecule has 0 unspecified atom stereocenters. The average molecular weight is 371 g/mol. The van der Waals surface area contributed by atoms with Crippen LogP contribution in [-0.4, -0.2) is 10.1 Å². The largest absolute Gasteiger partial charge is 0.423 e. The van der Waals surface area contributed by atoms with E-state index >= 15 is 0 Å². The molecular weight excluding hydrogens is 354 g/mol. The number of rotatable bonds is 2. The molecule has 2 heterocycles. The van der Waals surface area contributed by atoms with Crippen LogP contribution in [0.3, 0.4) is 0 Å². The van der Waals surface area contributed by atoms with E-state index in [0.29, 0.717) is 10.7 Å². The summed E-state index contributed by atoms with van der Waals surface area (Å²) in [6.07, 6.45) is 4.61. The van der Waals surface area contributed by atoms with E-state index in [-0.39, 0.29) is 5.63 Å². The first-order valence-corrected chi connectivity index (χ1v) is 9.42. The van der Waals surface area contributed by atoms with Gasteiger partial charge in [0.15, 0.2) is 10.2 Å². The molecule has 0 saturated heterocycles. The Bertz CT molecular complexity index is 999. The lowest BCUT2D eigenvalue weighted by Crippen LogP contribution is -2.19. The second-order valence-electron chi connectivity index (χ2n) is 6.13. The Morgan fingerprint density at radius 3 is 2.92 bits per heavy atom. The summed E-state index contributed by atoms with van der Waals surface area (Å²) in [6, 6.07) is 7.10. The van der Waals surface area contributed by atoms with Crippen LogP contribution in [-0.2, 0) is 12.8 Å². The van der Waals surface area contributed by atoms with E-state index in [1.165, 1.54) is 29.5 Å². The fourth-order valence-corrected chi connectivity index (χ4v) is 4.40. The van der Waals surface area contributed by atoms with Gasteiger partial charge in [-0.1, -0.05) is 0 Å². The van der Waals surface area contributed by atoms with Gasteiger partial charge in [0.1, 0.15) is 5.58 Å². The Morgan fingerprint density at radius 1 is 1.24 bits per heavy atom. The number of nitrogens with one attached hydrogen (secondary N) is 2. The van der Waals surface area contributed by atoms with E-state index in [1.807, 2.05) is 19.1 Å². The maximum atomic E-state index is 11.5. The molecule has 0 radical (unpaired) electrons. The molecule has 25 heavy (non-hydrogen) atoms. The van der Waals surface area contributed by atoms with Gasteiger partial charge in [-0.25, -0.2) is 9.78 Å². The molecule has 0 saturated carbocycles. The summed E-state index contributed by atoms with van der Waals surface area (Å²) in [7, 11) is 0. The molecule has 128 valence electrons. The minimum Gasteiger partial charge on any atom is -0.423 e. The van der Waals surface area contributed by atoms with Gasteiger partial charge in [0.05, 0.1) is 5.69 Å². The van der Waals surface area contributed by atoms with Crippen LogP contribution < -0.4 is 16.3 Å². The van der Waals surface area contributed by atoms with Crippen LogP contribution in [0.25, 0.3) is 11.0 Å². The number of thiocarbonyl (C=S) groups is 1. The summed E-state index contributed by atoms with van der Waals surface area (Å²) < 4.78 is 5.27. The van der Waals surface area contributed by atoms with Gasteiger partial charge in [-0.05, 0) is 62.5 Å². The number of nitrogens with zero attached hydrogens (tertiary/aromatic N) is 1. The highest BCUT2D eigenvalue weighted by atomic mass is 32.1. The van der Waals surface area contributed by atoms with E-state index in [1.54, 1.807) is 17.4 Å². The number of aromatic nitrogens is 1. The van der Waals surface area contributed by atoms with Crippen molar-refractivity contribution < 1.29 is 4.42 Å². The third-order valence-electron chi connectivity index (χ3n) is 4.28. The molecule has 2 N–H and O–H groups in total. The Kier molecular flexibility index (Phi) is 4.27. The van der Waals surface area contributed by atoms with Crippen LogP contribution >= 0.6 is 23.6 Å². The van der Waals surface area contributed by atoms with Crippen molar-refractivity contribution in [3.05, 3.63) is 50.8 Å². The van der Waals surface area contributed by atoms with Gasteiger partial charge in [0.25, 0.3) is 0 Å². The van der Waals surface area contributed by atoms with Crippen molar-refractivity contribution in [1.82, 2.24) is 4.98 Å². The maximum absolute atomic E-state index is 11.5. The highest BCUT2D eigenvalue weighted by molar-refractivity contribution is 7.80. The smallest absolute Gasteiger partial charge is 0.336 e. The topological polar surface area (TPSA) is 67.2 Å². The van der Waals surface area contributed by atoms with Crippen LogP contribution in [0.15, 0.2) is 33.5 Å². The van der Waals surface area contributed by atoms with Crippen LogP contribution in [0.5, 0.6) is 0 Å². The first-order chi connectivity index (χ1) is 12.1. The average Bonchev–Trinajstić information content (AvgIpc) is 2.96. The van der Waals surface area contributed by atoms with E-state index in [4.69, 9.17) is 16.6 Å². The molecule has 3 aromatic rings. The fourth-order valence-electron chi connectivity index (χ4n) is 3.07. The molecule has 0 atom stereocenters. The molecule has 0 amide bonds. The number of fused-ring (bicyclic) bond motifs is 2. The molecule has 7 heteroatoms. The molecule has 1 aliphatic rings. The first kappa shape index (κ1) is 16.2. The summed E-state index contributed by atoms with van der Waals surface area (Å²) >= 11 is 7.06. The molecule has 0 aliphatic heterocycles. The molecular formula is C18H17N3O2S2. The second-order valence-corrected chi connectivity index (χ2v) is 7.63. The molecule has 2 aromatic heterocycles. The molecule has 1 aromatic carbocycles. The van der Waals surface area contributed by atoms with Gasteiger partial charge in [-0.2, -0.15) is 0 Å². The molecule has 0 spiro atoms. The molecule has 5 nitrogen and oxygen atoms in total. The Balaban J connectivity index is 1.51. The van der Waals surface area contributed by atoms with Crippen LogP contribution in [0.4, 0.5) is 10.8 Å². The number of benzene rings is 1. The lowest BCUT2D eigenvalue weighted by atomic mass is 10.0. The lowest BCUT2D eigenvalue weighted by molar-refractivity contribution is 0.560. The van der Waals surface area contributed by atoms with E-state index < -0.39 is 0 Å². The Hall–Kier alpha value is -2.25. The zero-order valence-electron chi connectivity index (χ0n) is 13.7. The predicted molar refractivity (Wildman–Crippen MR) is 106 cm³/mol. The molecule has 0 fully saturated rings. The van der Waals surface area contributed by atoms with Crippen molar-refractivity contribution >= 4 is 50.5 Å². The van der Waals surface area contributed by atoms with Crippen molar-refractivity contribution in [3.63, 3.8) is 0 Å². The van der Waals surface area contributed by atoms with Gasteiger partial charge < -0.3 is 15.1 Å². The minimum atomic E-state index is -0.351. The van der Waals surface area contributed by atoms with Gasteiger partial charge in [-0.15, -0.1) is 11.3 Å². The first-order valence-electron chi connectivity index (χ1n) is 8.19. The maximum Gasteiger partial charge on any atom is 0.336 e. The third-order valence-corrected chi connectivity index (χ3v) is 5.55. The standard InChI is InChI=1S/C18H17N3O2S2/c1-10-8-16(22)23-14-9-11(6-7-12(10)14)19-17(24)21-18-20-13-4-2-3-5-15(13)25-18/h6-9H,2-5H2,1H3,(H2,19,20,21,24). The Morgan fingerprint density at radius 2 is 2.08 bits per heavy atom. The summed E-state index contributed by atoms with van der Waals surface area (Å²) in [5, 5.41) is 8.49. The van der Waals surface area contributed by atoms with Crippen molar-refractivity contribution in [2.24, 2.45) is 0 Å². The SMILES string of the molecule is Cc1cc(=O)oc2cc(NC(=S)Nc3nc4c(s3)CCCC4)ccc12. The van der Waals surface area contributed by atoms with Crippen LogP contribution in [0.2, 0.25) is 0 Å². The monoisotopic (exact) mass is 371 g/mol.